The summed E-state index contributed by atoms with van der Waals surface area (Å²) >= 11 is 0. The molecular weight excluding hydrogens is 372 g/mol. The largest absolute Gasteiger partial charge is 0.550 e. The quantitative estimate of drug-likeness (QED) is 0.398. The minimum Gasteiger partial charge on any atom is -0.550 e. The Morgan fingerprint density at radius 3 is 2.86 bits per heavy atom. The van der Waals surface area contributed by atoms with E-state index >= 15 is 0 Å². The van der Waals surface area contributed by atoms with E-state index in [1.54, 1.807) is 25.1 Å². The average molecular weight is 389 g/mol. The van der Waals surface area contributed by atoms with Gasteiger partial charge in [-0.05, 0) is 42.8 Å². The van der Waals surface area contributed by atoms with Gasteiger partial charge in [0.25, 0.3) is 0 Å². The number of anilines is 1. The summed E-state index contributed by atoms with van der Waals surface area (Å²) in [6.07, 6.45) is 1.20. The van der Waals surface area contributed by atoms with E-state index in [2.05, 4.69) is 20.5 Å². The average Bonchev–Trinajstić information content (AvgIpc) is 3.11. The van der Waals surface area contributed by atoms with E-state index in [9.17, 15) is 9.90 Å². The number of nitrogens with one attached hydrogen (secondary N) is 1. The van der Waals surface area contributed by atoms with E-state index in [0.29, 0.717) is 39.5 Å². The molecule has 0 bridgehead atoms. The minimum atomic E-state index is -1.18. The Hall–Kier alpha value is -3.94. The van der Waals surface area contributed by atoms with Crippen LogP contribution in [0.25, 0.3) is 22.1 Å². The number of hydrogen-bond acceptors (Lipinski definition) is 8. The molecule has 8 heteroatoms. The number of hydrogen-bond donors (Lipinski definition) is 1. The number of furan rings is 1. The molecule has 0 saturated carbocycles. The topological polar surface area (TPSA) is 113 Å². The van der Waals surface area contributed by atoms with Crippen molar-refractivity contribution in [2.45, 2.75) is 13.3 Å². The number of carboxylic acids is 1. The van der Waals surface area contributed by atoms with Crippen LogP contribution in [-0.2, 0) is 11.2 Å². The zero-order chi connectivity index (χ0) is 20.4. The first-order valence-electron chi connectivity index (χ1n) is 8.86. The Kier molecular flexibility index (Phi) is 4.82. The van der Waals surface area contributed by atoms with Gasteiger partial charge >= 0.3 is 0 Å². The number of hydrazone groups is 1. The molecule has 0 aliphatic heterocycles. The highest BCUT2D eigenvalue weighted by atomic mass is 16.5. The smallest absolute Gasteiger partial charge is 0.197 e. The van der Waals surface area contributed by atoms with Crippen LogP contribution < -0.4 is 15.3 Å². The van der Waals surface area contributed by atoms with Gasteiger partial charge in [-0.25, -0.2) is 9.97 Å². The SMILES string of the molecule is COc1ccc(/C(C)=N\Nc2ncnc3c2oc2ccccc23)cc1CC(=O)[O-]. The summed E-state index contributed by atoms with van der Waals surface area (Å²) in [4.78, 5) is 19.5. The van der Waals surface area contributed by atoms with Crippen molar-refractivity contribution in [2.75, 3.05) is 12.5 Å². The van der Waals surface area contributed by atoms with Crippen molar-refractivity contribution >= 4 is 39.6 Å². The number of carbonyl (C=O) groups is 1. The van der Waals surface area contributed by atoms with Gasteiger partial charge in [0.15, 0.2) is 11.4 Å². The summed E-state index contributed by atoms with van der Waals surface area (Å²) in [5.74, 6) is -0.256. The van der Waals surface area contributed by atoms with Crippen LogP contribution >= 0.6 is 0 Å². The van der Waals surface area contributed by atoms with Crippen molar-refractivity contribution in [3.05, 3.63) is 59.9 Å². The molecule has 29 heavy (non-hydrogen) atoms. The molecular formula is C21H17N4O4-. The van der Waals surface area contributed by atoms with Crippen molar-refractivity contribution < 1.29 is 19.1 Å². The van der Waals surface area contributed by atoms with Gasteiger partial charge in [0, 0.05) is 23.3 Å². The Labute approximate surface area is 165 Å². The molecule has 0 spiro atoms. The molecule has 0 atom stereocenters. The van der Waals surface area contributed by atoms with Crippen LogP contribution in [0.4, 0.5) is 5.82 Å². The fourth-order valence-electron chi connectivity index (χ4n) is 3.10. The number of aliphatic carboxylic acids is 1. The third kappa shape index (κ3) is 3.60. The first-order chi connectivity index (χ1) is 14.1. The fourth-order valence-corrected chi connectivity index (χ4v) is 3.10. The van der Waals surface area contributed by atoms with Crippen LogP contribution in [0.2, 0.25) is 0 Å². The molecule has 0 unspecified atom stereocenters. The summed E-state index contributed by atoms with van der Waals surface area (Å²) in [6.45, 7) is 1.80. The molecule has 1 N–H and O–H groups in total. The second kappa shape index (κ2) is 7.59. The number of carbonyl (C=O) groups excluding carboxylic acids is 1. The number of ether oxygens (including phenoxy) is 1. The van der Waals surface area contributed by atoms with Crippen LogP contribution in [0.5, 0.6) is 5.75 Å². The second-order valence-electron chi connectivity index (χ2n) is 6.38. The molecule has 2 aromatic carbocycles. The Morgan fingerprint density at radius 2 is 2.07 bits per heavy atom. The highest BCUT2D eigenvalue weighted by molar-refractivity contribution is 6.05. The summed E-state index contributed by atoms with van der Waals surface area (Å²) in [5, 5.41) is 16.3. The molecule has 2 aromatic heterocycles. The number of nitrogens with zero attached hydrogens (tertiary/aromatic N) is 3. The number of fused-ring (bicyclic) bond motifs is 3. The highest BCUT2D eigenvalue weighted by Gasteiger charge is 2.13. The number of benzene rings is 2. The number of rotatable bonds is 6. The van der Waals surface area contributed by atoms with Gasteiger partial charge in [-0.3, -0.25) is 5.43 Å². The molecule has 0 aliphatic carbocycles. The molecule has 4 rings (SSSR count). The lowest BCUT2D eigenvalue weighted by atomic mass is 10.0. The zero-order valence-electron chi connectivity index (χ0n) is 15.8. The number of carboxylic acid groups (broad SMARTS) is 1. The van der Waals surface area contributed by atoms with Crippen LogP contribution in [-0.4, -0.2) is 28.8 Å². The predicted molar refractivity (Wildman–Crippen MR) is 107 cm³/mol. The lowest BCUT2D eigenvalue weighted by Crippen LogP contribution is -2.24. The Balaban J connectivity index is 1.66. The lowest BCUT2D eigenvalue weighted by Gasteiger charge is -2.11. The van der Waals surface area contributed by atoms with Gasteiger partial charge in [0.2, 0.25) is 0 Å². The van der Waals surface area contributed by atoms with Gasteiger partial charge in [0.1, 0.15) is 23.2 Å². The van der Waals surface area contributed by atoms with Crippen molar-refractivity contribution in [1.29, 1.82) is 0 Å². The second-order valence-corrected chi connectivity index (χ2v) is 6.38. The van der Waals surface area contributed by atoms with Gasteiger partial charge in [-0.1, -0.05) is 12.1 Å². The summed E-state index contributed by atoms with van der Waals surface area (Å²) in [7, 11) is 1.49. The summed E-state index contributed by atoms with van der Waals surface area (Å²) in [5.41, 5.74) is 6.74. The summed E-state index contributed by atoms with van der Waals surface area (Å²) in [6, 6.07) is 12.8. The predicted octanol–water partition coefficient (Wildman–Crippen LogP) is 2.51. The van der Waals surface area contributed by atoms with Crippen molar-refractivity contribution in [1.82, 2.24) is 9.97 Å². The Bertz CT molecular complexity index is 1250. The molecule has 0 amide bonds. The van der Waals surface area contributed by atoms with E-state index in [-0.39, 0.29) is 6.42 Å². The normalized spacial score (nSPS) is 11.7. The van der Waals surface area contributed by atoms with Crippen molar-refractivity contribution in [3.63, 3.8) is 0 Å². The van der Waals surface area contributed by atoms with Gasteiger partial charge < -0.3 is 19.1 Å². The molecule has 146 valence electrons. The van der Waals surface area contributed by atoms with E-state index in [4.69, 9.17) is 9.15 Å². The van der Waals surface area contributed by atoms with Crippen LogP contribution in [0.1, 0.15) is 18.1 Å². The van der Waals surface area contributed by atoms with Crippen molar-refractivity contribution in [3.8, 4) is 5.75 Å². The maximum Gasteiger partial charge on any atom is 0.197 e. The van der Waals surface area contributed by atoms with Gasteiger partial charge in [-0.15, -0.1) is 0 Å². The maximum absolute atomic E-state index is 11.0. The number of para-hydroxylation sites is 1. The zero-order valence-corrected chi connectivity index (χ0v) is 15.8. The van der Waals surface area contributed by atoms with E-state index in [1.165, 1.54) is 13.4 Å². The Morgan fingerprint density at radius 1 is 1.24 bits per heavy atom. The van der Waals surface area contributed by atoms with Crippen LogP contribution in [0.3, 0.4) is 0 Å². The molecule has 0 saturated heterocycles. The molecule has 2 heterocycles. The first-order valence-corrected chi connectivity index (χ1v) is 8.86. The number of aromatic nitrogens is 2. The van der Waals surface area contributed by atoms with Crippen LogP contribution in [0, 0.1) is 0 Å². The maximum atomic E-state index is 11.0. The molecule has 0 fully saturated rings. The van der Waals surface area contributed by atoms with Gasteiger partial charge in [0.05, 0.1) is 12.8 Å². The lowest BCUT2D eigenvalue weighted by molar-refractivity contribution is -0.304. The monoisotopic (exact) mass is 389 g/mol. The van der Waals surface area contributed by atoms with Gasteiger partial charge in [-0.2, -0.15) is 5.10 Å². The van der Waals surface area contributed by atoms with E-state index < -0.39 is 5.97 Å². The molecule has 8 nitrogen and oxygen atoms in total. The fraction of sp³-hybridized carbons (Fsp3) is 0.143. The minimum absolute atomic E-state index is 0.247. The number of methoxy groups -OCH3 is 1. The van der Waals surface area contributed by atoms with E-state index in [1.807, 2.05) is 24.3 Å². The van der Waals surface area contributed by atoms with Crippen molar-refractivity contribution in [2.24, 2.45) is 5.10 Å². The van der Waals surface area contributed by atoms with Crippen LogP contribution in [0.15, 0.2) is 58.3 Å². The highest BCUT2D eigenvalue weighted by Crippen LogP contribution is 2.30. The third-order valence-electron chi connectivity index (χ3n) is 4.52. The van der Waals surface area contributed by atoms with E-state index in [0.717, 1.165) is 10.9 Å². The standard InChI is InChI=1S/C21H18N4O4/c1-12(13-7-8-16(28-2)14(9-13)10-18(26)27)24-25-21-20-19(22-11-23-21)15-5-3-4-6-17(15)29-20/h3-9,11H,10H2,1-2H3,(H,26,27)(H,22,23,25)/p-1/b24-12-. The molecule has 0 radical (unpaired) electrons. The molecule has 0 aliphatic rings. The first kappa shape index (κ1) is 18.4. The third-order valence-corrected chi connectivity index (χ3v) is 4.52. The molecule has 4 aromatic rings. The summed E-state index contributed by atoms with van der Waals surface area (Å²) < 4.78 is 11.1.